The highest BCUT2D eigenvalue weighted by atomic mass is 79.9. The van der Waals surface area contributed by atoms with Crippen molar-refractivity contribution in [2.75, 3.05) is 19.0 Å². The van der Waals surface area contributed by atoms with E-state index in [0.717, 1.165) is 34.4 Å². The first kappa shape index (κ1) is 15.3. The number of nitrogens with one attached hydrogen (secondary N) is 1. The molecule has 0 spiro atoms. The van der Waals surface area contributed by atoms with E-state index in [-0.39, 0.29) is 5.69 Å². The highest BCUT2D eigenvalue weighted by Crippen LogP contribution is 2.27. The largest absolute Gasteiger partial charge is 0.495 e. The number of anilines is 1. The number of nitrogens with zero attached hydrogens (tertiary/aromatic N) is 1. The molecule has 0 unspecified atom stereocenters. The first-order valence-corrected chi connectivity index (χ1v) is 7.20. The van der Waals surface area contributed by atoms with Crippen molar-refractivity contribution in [3.05, 3.63) is 62.6 Å². The molecule has 6 heteroatoms. The van der Waals surface area contributed by atoms with Gasteiger partial charge in [0, 0.05) is 30.4 Å². The minimum absolute atomic E-state index is 0.115. The van der Waals surface area contributed by atoms with Gasteiger partial charge in [-0.15, -0.1) is 0 Å². The lowest BCUT2D eigenvalue weighted by molar-refractivity contribution is -0.384. The Labute approximate surface area is 131 Å². The molecule has 0 saturated carbocycles. The number of methoxy groups -OCH3 is 1. The van der Waals surface area contributed by atoms with Crippen molar-refractivity contribution < 1.29 is 9.66 Å². The van der Waals surface area contributed by atoms with Gasteiger partial charge in [-0.3, -0.25) is 10.1 Å². The van der Waals surface area contributed by atoms with Crippen molar-refractivity contribution >= 4 is 27.3 Å². The van der Waals surface area contributed by atoms with Crippen LogP contribution in [0.3, 0.4) is 0 Å². The van der Waals surface area contributed by atoms with Crippen LogP contribution in [0.1, 0.15) is 5.56 Å². The van der Waals surface area contributed by atoms with Crippen molar-refractivity contribution in [3.63, 3.8) is 0 Å². The summed E-state index contributed by atoms with van der Waals surface area (Å²) in [6.45, 7) is 0.739. The van der Waals surface area contributed by atoms with Gasteiger partial charge >= 0.3 is 0 Å². The van der Waals surface area contributed by atoms with Gasteiger partial charge in [0.05, 0.1) is 16.5 Å². The smallest absolute Gasteiger partial charge is 0.269 e. The van der Waals surface area contributed by atoms with E-state index in [1.165, 1.54) is 12.1 Å². The normalized spacial score (nSPS) is 10.2. The molecule has 0 heterocycles. The van der Waals surface area contributed by atoms with Gasteiger partial charge in [0.25, 0.3) is 5.69 Å². The molecular weight excluding hydrogens is 336 g/mol. The van der Waals surface area contributed by atoms with Gasteiger partial charge in [-0.2, -0.15) is 0 Å². The summed E-state index contributed by atoms with van der Waals surface area (Å²) in [6.07, 6.45) is 0.788. The topological polar surface area (TPSA) is 64.4 Å². The van der Waals surface area contributed by atoms with Crippen molar-refractivity contribution in [1.29, 1.82) is 0 Å². The summed E-state index contributed by atoms with van der Waals surface area (Å²) in [5.41, 5.74) is 2.14. The molecule has 2 aromatic carbocycles. The maximum absolute atomic E-state index is 10.6. The van der Waals surface area contributed by atoms with Crippen LogP contribution >= 0.6 is 15.9 Å². The van der Waals surface area contributed by atoms with Gasteiger partial charge in [0.15, 0.2) is 0 Å². The van der Waals surface area contributed by atoms with Gasteiger partial charge in [0.2, 0.25) is 0 Å². The van der Waals surface area contributed by atoms with Crippen molar-refractivity contribution in [2.45, 2.75) is 6.42 Å². The molecule has 0 amide bonds. The Bertz CT molecular complexity index is 629. The van der Waals surface area contributed by atoms with E-state index in [0.29, 0.717) is 0 Å². The van der Waals surface area contributed by atoms with E-state index < -0.39 is 4.92 Å². The fraction of sp³-hybridized carbons (Fsp3) is 0.200. The third-order valence-corrected chi connectivity index (χ3v) is 3.70. The molecule has 0 aliphatic rings. The van der Waals surface area contributed by atoms with E-state index >= 15 is 0 Å². The summed E-state index contributed by atoms with van der Waals surface area (Å²) >= 11 is 3.41. The molecule has 0 saturated heterocycles. The zero-order valence-electron chi connectivity index (χ0n) is 11.5. The molecule has 2 aromatic rings. The second-order valence-corrected chi connectivity index (χ2v) is 5.30. The number of rotatable bonds is 6. The Kier molecular flexibility index (Phi) is 5.16. The van der Waals surface area contributed by atoms with Crippen LogP contribution in [0.4, 0.5) is 11.4 Å². The summed E-state index contributed by atoms with van der Waals surface area (Å²) in [5, 5.41) is 13.9. The van der Waals surface area contributed by atoms with Crippen LogP contribution in [0, 0.1) is 10.1 Å². The van der Waals surface area contributed by atoms with E-state index in [1.54, 1.807) is 19.2 Å². The van der Waals surface area contributed by atoms with Crippen molar-refractivity contribution in [3.8, 4) is 5.75 Å². The molecule has 2 rings (SSSR count). The van der Waals surface area contributed by atoms with E-state index in [2.05, 4.69) is 21.2 Å². The number of benzene rings is 2. The average Bonchev–Trinajstić information content (AvgIpc) is 2.49. The molecule has 0 aromatic heterocycles. The summed E-state index contributed by atoms with van der Waals surface area (Å²) < 4.78 is 6.14. The van der Waals surface area contributed by atoms with Crippen LogP contribution in [-0.4, -0.2) is 18.6 Å². The highest BCUT2D eigenvalue weighted by Gasteiger charge is 2.04. The van der Waals surface area contributed by atoms with Gasteiger partial charge in [-0.1, -0.05) is 12.1 Å². The molecule has 21 heavy (non-hydrogen) atoms. The predicted octanol–water partition coefficient (Wildman–Crippen LogP) is 4.02. The first-order valence-electron chi connectivity index (χ1n) is 6.41. The molecule has 0 aliphatic heterocycles. The number of hydrogen-bond acceptors (Lipinski definition) is 4. The van der Waals surface area contributed by atoms with Crippen LogP contribution in [0.15, 0.2) is 46.9 Å². The molecule has 1 N–H and O–H groups in total. The second-order valence-electron chi connectivity index (χ2n) is 4.45. The lowest BCUT2D eigenvalue weighted by Crippen LogP contribution is -2.05. The van der Waals surface area contributed by atoms with E-state index in [9.17, 15) is 10.1 Å². The van der Waals surface area contributed by atoms with E-state index in [4.69, 9.17) is 4.74 Å². The maximum Gasteiger partial charge on any atom is 0.269 e. The Morgan fingerprint density at radius 1 is 1.24 bits per heavy atom. The standard InChI is InChI=1S/C15H15BrN2O3/c1-21-15-10-12(4-7-14(15)16)17-9-8-11-2-5-13(6-3-11)18(19)20/h2-7,10,17H,8-9H2,1H3. The molecule has 0 bridgehead atoms. The Balaban J connectivity index is 1.90. The molecule has 0 fully saturated rings. The predicted molar refractivity (Wildman–Crippen MR) is 86.0 cm³/mol. The zero-order valence-corrected chi connectivity index (χ0v) is 13.1. The molecule has 0 aliphatic carbocycles. The third-order valence-electron chi connectivity index (χ3n) is 3.04. The summed E-state index contributed by atoms with van der Waals surface area (Å²) in [7, 11) is 1.63. The minimum atomic E-state index is -0.393. The minimum Gasteiger partial charge on any atom is -0.495 e. The summed E-state index contributed by atoms with van der Waals surface area (Å²) in [4.78, 5) is 10.2. The van der Waals surface area contributed by atoms with Crippen LogP contribution < -0.4 is 10.1 Å². The van der Waals surface area contributed by atoms with E-state index in [1.807, 2.05) is 18.2 Å². The molecule has 0 radical (unpaired) electrons. The molecule has 0 atom stereocenters. The highest BCUT2D eigenvalue weighted by molar-refractivity contribution is 9.10. The zero-order chi connectivity index (χ0) is 15.2. The first-order chi connectivity index (χ1) is 10.1. The molecule has 110 valence electrons. The van der Waals surface area contributed by atoms with Crippen molar-refractivity contribution in [2.24, 2.45) is 0 Å². The Hall–Kier alpha value is -2.08. The number of nitro benzene ring substituents is 1. The quantitative estimate of drug-likeness (QED) is 0.631. The Morgan fingerprint density at radius 3 is 2.57 bits per heavy atom. The lowest BCUT2D eigenvalue weighted by Gasteiger charge is -2.09. The third kappa shape index (κ3) is 4.19. The summed E-state index contributed by atoms with van der Waals surface area (Å²) in [6, 6.07) is 12.4. The van der Waals surface area contributed by atoms with Gasteiger partial charge < -0.3 is 10.1 Å². The van der Waals surface area contributed by atoms with Gasteiger partial charge in [-0.25, -0.2) is 0 Å². The monoisotopic (exact) mass is 350 g/mol. The SMILES string of the molecule is COc1cc(NCCc2ccc([N+](=O)[O-])cc2)ccc1Br. The number of halogens is 1. The average molecular weight is 351 g/mol. The van der Waals surface area contributed by atoms with Crippen LogP contribution in [0.2, 0.25) is 0 Å². The Morgan fingerprint density at radius 2 is 1.95 bits per heavy atom. The number of nitro groups is 1. The lowest BCUT2D eigenvalue weighted by atomic mass is 10.1. The molecule has 5 nitrogen and oxygen atoms in total. The second kappa shape index (κ2) is 7.08. The number of hydrogen-bond donors (Lipinski definition) is 1. The molecular formula is C15H15BrN2O3. The van der Waals surface area contributed by atoms with Gasteiger partial charge in [-0.05, 0) is 40.0 Å². The summed E-state index contributed by atoms with van der Waals surface area (Å²) in [5.74, 6) is 0.773. The van der Waals surface area contributed by atoms with Crippen LogP contribution in [0.25, 0.3) is 0 Å². The van der Waals surface area contributed by atoms with Gasteiger partial charge in [0.1, 0.15) is 5.75 Å². The fourth-order valence-corrected chi connectivity index (χ4v) is 2.31. The van der Waals surface area contributed by atoms with Crippen LogP contribution in [-0.2, 0) is 6.42 Å². The maximum atomic E-state index is 10.6. The number of ether oxygens (including phenoxy) is 1. The van der Waals surface area contributed by atoms with Crippen molar-refractivity contribution in [1.82, 2.24) is 0 Å². The fourth-order valence-electron chi connectivity index (χ4n) is 1.91. The number of non-ortho nitro benzene ring substituents is 1. The van der Waals surface area contributed by atoms with Crippen LogP contribution in [0.5, 0.6) is 5.75 Å².